The minimum atomic E-state index is -0.897. The standard InChI is InChI=1S/C15H16N4O2/c16-7-12-5-4-11-6-13(18-14(11)17-12)9-19(15(20)21)8-10-2-1-3-10/h4-6,10H,1-3,8-9H2,(H,17,18)(H,20,21). The summed E-state index contributed by atoms with van der Waals surface area (Å²) in [6.45, 7) is 0.908. The van der Waals surface area contributed by atoms with Crippen molar-refractivity contribution in [2.45, 2.75) is 25.8 Å². The fourth-order valence-corrected chi connectivity index (χ4v) is 2.61. The third-order valence-corrected chi connectivity index (χ3v) is 3.98. The Bertz CT molecular complexity index is 712. The van der Waals surface area contributed by atoms with E-state index in [0.29, 0.717) is 30.3 Å². The Morgan fingerprint density at radius 2 is 2.33 bits per heavy atom. The molecule has 6 nitrogen and oxygen atoms in total. The van der Waals surface area contributed by atoms with E-state index in [1.165, 1.54) is 11.3 Å². The van der Waals surface area contributed by atoms with Crippen LogP contribution in [-0.2, 0) is 6.54 Å². The third-order valence-electron chi connectivity index (χ3n) is 3.98. The molecule has 1 amide bonds. The first-order valence-corrected chi connectivity index (χ1v) is 7.02. The number of carbonyl (C=O) groups is 1. The lowest BCUT2D eigenvalue weighted by atomic mass is 9.85. The van der Waals surface area contributed by atoms with Crippen molar-refractivity contribution in [3.63, 3.8) is 0 Å². The van der Waals surface area contributed by atoms with Crippen LogP contribution in [0.2, 0.25) is 0 Å². The molecular weight excluding hydrogens is 268 g/mol. The molecule has 2 heterocycles. The number of nitrogens with one attached hydrogen (secondary N) is 1. The average Bonchev–Trinajstić information content (AvgIpc) is 2.82. The first-order chi connectivity index (χ1) is 10.2. The molecule has 2 aromatic rings. The summed E-state index contributed by atoms with van der Waals surface area (Å²) in [6, 6.07) is 7.36. The van der Waals surface area contributed by atoms with Crippen LogP contribution in [0.5, 0.6) is 0 Å². The molecule has 1 aliphatic rings. The number of H-pyrrole nitrogens is 1. The minimum absolute atomic E-state index is 0.323. The van der Waals surface area contributed by atoms with Gasteiger partial charge in [-0.15, -0.1) is 0 Å². The highest BCUT2D eigenvalue weighted by molar-refractivity contribution is 5.77. The highest BCUT2D eigenvalue weighted by Crippen LogP contribution is 2.27. The Hall–Kier alpha value is -2.55. The van der Waals surface area contributed by atoms with Crippen LogP contribution in [0.1, 0.15) is 30.7 Å². The van der Waals surface area contributed by atoms with Crippen LogP contribution in [0.15, 0.2) is 18.2 Å². The predicted molar refractivity (Wildman–Crippen MR) is 76.6 cm³/mol. The zero-order chi connectivity index (χ0) is 14.8. The SMILES string of the molecule is N#Cc1ccc2cc(CN(CC3CCC3)C(=O)O)[nH]c2n1. The Labute approximate surface area is 122 Å². The number of aromatic nitrogens is 2. The van der Waals surface area contributed by atoms with Crippen LogP contribution in [0.4, 0.5) is 4.79 Å². The first-order valence-electron chi connectivity index (χ1n) is 7.02. The van der Waals surface area contributed by atoms with Gasteiger partial charge in [-0.05, 0) is 37.0 Å². The second-order valence-corrected chi connectivity index (χ2v) is 5.50. The smallest absolute Gasteiger partial charge is 0.407 e. The number of hydrogen-bond acceptors (Lipinski definition) is 3. The Morgan fingerprint density at radius 1 is 1.52 bits per heavy atom. The summed E-state index contributed by atoms with van der Waals surface area (Å²) < 4.78 is 0. The van der Waals surface area contributed by atoms with Crippen LogP contribution < -0.4 is 0 Å². The summed E-state index contributed by atoms with van der Waals surface area (Å²) in [7, 11) is 0. The molecule has 1 aliphatic carbocycles. The van der Waals surface area contributed by atoms with Gasteiger partial charge in [0.25, 0.3) is 0 Å². The molecule has 0 saturated heterocycles. The van der Waals surface area contributed by atoms with Gasteiger partial charge in [0.05, 0.1) is 6.54 Å². The van der Waals surface area contributed by atoms with E-state index >= 15 is 0 Å². The highest BCUT2D eigenvalue weighted by Gasteiger charge is 2.23. The normalized spacial score (nSPS) is 14.6. The van der Waals surface area contributed by atoms with Crippen molar-refractivity contribution >= 4 is 17.1 Å². The molecule has 21 heavy (non-hydrogen) atoms. The van der Waals surface area contributed by atoms with Crippen LogP contribution in [-0.4, -0.2) is 32.6 Å². The fraction of sp³-hybridized carbons (Fsp3) is 0.400. The summed E-state index contributed by atoms with van der Waals surface area (Å²) in [5.74, 6) is 0.494. The van der Waals surface area contributed by atoms with E-state index in [-0.39, 0.29) is 0 Å². The van der Waals surface area contributed by atoms with Crippen molar-refractivity contribution in [2.75, 3.05) is 6.54 Å². The fourth-order valence-electron chi connectivity index (χ4n) is 2.61. The molecule has 2 N–H and O–H groups in total. The largest absolute Gasteiger partial charge is 0.465 e. The van der Waals surface area contributed by atoms with E-state index in [1.54, 1.807) is 6.07 Å². The number of aromatic amines is 1. The van der Waals surface area contributed by atoms with Gasteiger partial charge in [0, 0.05) is 17.6 Å². The Morgan fingerprint density at radius 3 is 2.95 bits per heavy atom. The number of nitrogens with zero attached hydrogens (tertiary/aromatic N) is 3. The predicted octanol–water partition coefficient (Wildman–Crippen LogP) is 2.71. The molecular formula is C15H16N4O2. The third kappa shape index (κ3) is 2.82. The summed E-state index contributed by atoms with van der Waals surface area (Å²) in [5, 5.41) is 19.0. The molecule has 0 radical (unpaired) electrons. The van der Waals surface area contributed by atoms with Crippen molar-refractivity contribution in [2.24, 2.45) is 5.92 Å². The van der Waals surface area contributed by atoms with E-state index in [1.807, 2.05) is 18.2 Å². The maximum Gasteiger partial charge on any atom is 0.407 e. The summed E-state index contributed by atoms with van der Waals surface area (Å²) in [5.41, 5.74) is 1.77. The van der Waals surface area contributed by atoms with Crippen molar-refractivity contribution < 1.29 is 9.90 Å². The summed E-state index contributed by atoms with van der Waals surface area (Å²) >= 11 is 0. The molecule has 0 atom stereocenters. The van der Waals surface area contributed by atoms with E-state index in [0.717, 1.165) is 23.9 Å². The topological polar surface area (TPSA) is 93.0 Å². The number of hydrogen-bond donors (Lipinski definition) is 2. The van der Waals surface area contributed by atoms with Gasteiger partial charge in [0.15, 0.2) is 0 Å². The van der Waals surface area contributed by atoms with Gasteiger partial charge >= 0.3 is 6.09 Å². The van der Waals surface area contributed by atoms with Gasteiger partial charge in [-0.1, -0.05) is 6.42 Å². The molecule has 2 aromatic heterocycles. The molecule has 0 spiro atoms. The van der Waals surface area contributed by atoms with Crippen LogP contribution in [0.25, 0.3) is 11.0 Å². The maximum absolute atomic E-state index is 11.3. The number of fused-ring (bicyclic) bond motifs is 1. The molecule has 1 saturated carbocycles. The molecule has 0 aliphatic heterocycles. The van der Waals surface area contributed by atoms with Crippen LogP contribution >= 0.6 is 0 Å². The molecule has 6 heteroatoms. The van der Waals surface area contributed by atoms with E-state index < -0.39 is 6.09 Å². The van der Waals surface area contributed by atoms with Crippen molar-refractivity contribution in [3.8, 4) is 6.07 Å². The number of carboxylic acid groups (broad SMARTS) is 1. The minimum Gasteiger partial charge on any atom is -0.465 e. The summed E-state index contributed by atoms with van der Waals surface area (Å²) in [4.78, 5) is 20.1. The zero-order valence-electron chi connectivity index (χ0n) is 11.5. The quantitative estimate of drug-likeness (QED) is 0.902. The second-order valence-electron chi connectivity index (χ2n) is 5.50. The second kappa shape index (κ2) is 5.44. The molecule has 0 aromatic carbocycles. The Balaban J connectivity index is 1.78. The number of rotatable bonds is 4. The number of nitriles is 1. The molecule has 1 fully saturated rings. The van der Waals surface area contributed by atoms with E-state index in [4.69, 9.17) is 5.26 Å². The van der Waals surface area contributed by atoms with Gasteiger partial charge in [-0.2, -0.15) is 5.26 Å². The van der Waals surface area contributed by atoms with Gasteiger partial charge in [-0.25, -0.2) is 9.78 Å². The average molecular weight is 284 g/mol. The van der Waals surface area contributed by atoms with E-state index in [9.17, 15) is 9.90 Å². The monoisotopic (exact) mass is 284 g/mol. The van der Waals surface area contributed by atoms with Gasteiger partial charge in [-0.3, -0.25) is 0 Å². The number of amides is 1. The van der Waals surface area contributed by atoms with Gasteiger partial charge in [0.1, 0.15) is 17.4 Å². The lowest BCUT2D eigenvalue weighted by molar-refractivity contribution is 0.120. The molecule has 0 unspecified atom stereocenters. The highest BCUT2D eigenvalue weighted by atomic mass is 16.4. The maximum atomic E-state index is 11.3. The Kier molecular flexibility index (Phi) is 3.48. The zero-order valence-corrected chi connectivity index (χ0v) is 11.5. The van der Waals surface area contributed by atoms with Crippen LogP contribution in [0.3, 0.4) is 0 Å². The molecule has 108 valence electrons. The van der Waals surface area contributed by atoms with Crippen molar-refractivity contribution in [1.82, 2.24) is 14.9 Å². The van der Waals surface area contributed by atoms with E-state index in [2.05, 4.69) is 9.97 Å². The van der Waals surface area contributed by atoms with Crippen LogP contribution in [0, 0.1) is 17.2 Å². The lowest BCUT2D eigenvalue weighted by Gasteiger charge is -2.30. The summed E-state index contributed by atoms with van der Waals surface area (Å²) in [6.07, 6.45) is 2.53. The molecule has 0 bridgehead atoms. The first kappa shape index (κ1) is 13.4. The lowest BCUT2D eigenvalue weighted by Crippen LogP contribution is -2.36. The van der Waals surface area contributed by atoms with Crippen molar-refractivity contribution in [3.05, 3.63) is 29.6 Å². The van der Waals surface area contributed by atoms with Gasteiger partial charge in [0.2, 0.25) is 0 Å². The number of pyridine rings is 1. The van der Waals surface area contributed by atoms with Gasteiger partial charge < -0.3 is 15.0 Å². The van der Waals surface area contributed by atoms with Crippen molar-refractivity contribution in [1.29, 1.82) is 5.26 Å². The molecule has 3 rings (SSSR count).